The topological polar surface area (TPSA) is 52.0 Å². The van der Waals surface area contributed by atoms with Crippen molar-refractivity contribution in [3.05, 3.63) is 58.1 Å². The Labute approximate surface area is 114 Å². The van der Waals surface area contributed by atoms with Crippen molar-refractivity contribution >= 4 is 11.4 Å². The summed E-state index contributed by atoms with van der Waals surface area (Å²) in [4.78, 5) is 0. The minimum absolute atomic E-state index is 0.401. The van der Waals surface area contributed by atoms with Crippen molar-refractivity contribution in [1.29, 1.82) is 0 Å². The molecule has 0 heterocycles. The molecular weight excluding hydrogens is 232 g/mol. The summed E-state index contributed by atoms with van der Waals surface area (Å²) in [6.07, 6.45) is 2.26. The van der Waals surface area contributed by atoms with E-state index in [0.29, 0.717) is 5.92 Å². The number of fused-ring (bicyclic) bond motifs is 1. The first kappa shape index (κ1) is 12.1. The normalized spacial score (nSPS) is 17.5. The number of hydrogen-bond acceptors (Lipinski definition) is 2. The summed E-state index contributed by atoms with van der Waals surface area (Å²) < 4.78 is 0. The number of rotatable bonds is 1. The van der Waals surface area contributed by atoms with Gasteiger partial charge in [-0.1, -0.05) is 24.3 Å². The number of hydrogen-bond donors (Lipinski definition) is 2. The molecule has 0 spiro atoms. The molecule has 2 aromatic rings. The average molecular weight is 252 g/mol. The maximum atomic E-state index is 6.33. The maximum absolute atomic E-state index is 6.33. The third-order valence-electron chi connectivity index (χ3n) is 4.53. The van der Waals surface area contributed by atoms with E-state index in [1.165, 1.54) is 16.7 Å². The summed E-state index contributed by atoms with van der Waals surface area (Å²) >= 11 is 0. The SMILES string of the molecule is Cc1c(N)cc(C2CCc3ccccc32)c(N)c1C. The Morgan fingerprint density at radius 1 is 1.00 bits per heavy atom. The highest BCUT2D eigenvalue weighted by Gasteiger charge is 2.26. The fourth-order valence-electron chi connectivity index (χ4n) is 3.16. The van der Waals surface area contributed by atoms with Gasteiger partial charge in [0.15, 0.2) is 0 Å². The lowest BCUT2D eigenvalue weighted by Crippen LogP contribution is -2.07. The molecule has 98 valence electrons. The van der Waals surface area contributed by atoms with Gasteiger partial charge in [-0.15, -0.1) is 0 Å². The third-order valence-corrected chi connectivity index (χ3v) is 4.53. The van der Waals surface area contributed by atoms with Gasteiger partial charge in [0.1, 0.15) is 0 Å². The molecule has 0 saturated carbocycles. The number of aryl methyl sites for hydroxylation is 1. The van der Waals surface area contributed by atoms with Crippen LogP contribution in [0.2, 0.25) is 0 Å². The van der Waals surface area contributed by atoms with E-state index in [0.717, 1.165) is 35.3 Å². The molecule has 2 nitrogen and oxygen atoms in total. The van der Waals surface area contributed by atoms with Crippen molar-refractivity contribution in [2.45, 2.75) is 32.6 Å². The molecule has 0 saturated heterocycles. The summed E-state index contributed by atoms with van der Waals surface area (Å²) in [6.45, 7) is 4.10. The van der Waals surface area contributed by atoms with Gasteiger partial charge >= 0.3 is 0 Å². The number of nitrogen functional groups attached to an aromatic ring is 2. The van der Waals surface area contributed by atoms with E-state index in [-0.39, 0.29) is 0 Å². The standard InChI is InChI=1S/C17H20N2/c1-10-11(2)17(19)15(9-16(10)18)14-8-7-12-5-3-4-6-13(12)14/h3-6,9,14H,7-8,18-19H2,1-2H3. The molecule has 0 aliphatic heterocycles. The molecule has 1 aliphatic rings. The molecule has 0 bridgehead atoms. The molecule has 3 rings (SSSR count). The predicted molar refractivity (Wildman–Crippen MR) is 81.3 cm³/mol. The van der Waals surface area contributed by atoms with E-state index in [1.54, 1.807) is 0 Å². The van der Waals surface area contributed by atoms with Crippen LogP contribution in [0.25, 0.3) is 0 Å². The molecule has 1 aliphatic carbocycles. The van der Waals surface area contributed by atoms with Crippen molar-refractivity contribution in [3.8, 4) is 0 Å². The van der Waals surface area contributed by atoms with Crippen molar-refractivity contribution in [2.75, 3.05) is 11.5 Å². The van der Waals surface area contributed by atoms with E-state index in [4.69, 9.17) is 11.5 Å². The van der Waals surface area contributed by atoms with E-state index in [1.807, 2.05) is 6.92 Å². The second-order valence-electron chi connectivity index (χ2n) is 5.51. The van der Waals surface area contributed by atoms with Gasteiger partial charge in [-0.2, -0.15) is 0 Å². The largest absolute Gasteiger partial charge is 0.398 e. The third kappa shape index (κ3) is 1.79. The summed E-state index contributed by atoms with van der Waals surface area (Å²) in [5.74, 6) is 0.401. The van der Waals surface area contributed by atoms with Crippen LogP contribution in [0.3, 0.4) is 0 Å². The Morgan fingerprint density at radius 3 is 2.53 bits per heavy atom. The first-order valence-electron chi connectivity index (χ1n) is 6.82. The first-order chi connectivity index (χ1) is 9.09. The monoisotopic (exact) mass is 252 g/mol. The fraction of sp³-hybridized carbons (Fsp3) is 0.294. The number of anilines is 2. The lowest BCUT2D eigenvalue weighted by Gasteiger charge is -2.19. The summed E-state index contributed by atoms with van der Waals surface area (Å²) in [5.41, 5.74) is 20.5. The minimum Gasteiger partial charge on any atom is -0.398 e. The molecule has 0 radical (unpaired) electrons. The number of nitrogens with two attached hydrogens (primary N) is 2. The highest BCUT2D eigenvalue weighted by atomic mass is 14.6. The molecule has 19 heavy (non-hydrogen) atoms. The van der Waals surface area contributed by atoms with E-state index in [2.05, 4.69) is 37.3 Å². The van der Waals surface area contributed by atoms with Crippen LogP contribution in [0.4, 0.5) is 11.4 Å². The Bertz CT molecular complexity index is 644. The van der Waals surface area contributed by atoms with E-state index < -0.39 is 0 Å². The minimum atomic E-state index is 0.401. The summed E-state index contributed by atoms with van der Waals surface area (Å²) in [6, 6.07) is 10.7. The zero-order chi connectivity index (χ0) is 13.6. The van der Waals surface area contributed by atoms with Crippen LogP contribution in [0.1, 0.15) is 40.2 Å². The van der Waals surface area contributed by atoms with Crippen LogP contribution in [-0.2, 0) is 6.42 Å². The molecule has 0 aromatic heterocycles. The van der Waals surface area contributed by atoms with Crippen LogP contribution < -0.4 is 11.5 Å². The Kier molecular flexibility index (Phi) is 2.74. The predicted octanol–water partition coefficient (Wildman–Crippen LogP) is 3.55. The lowest BCUT2D eigenvalue weighted by atomic mass is 9.88. The van der Waals surface area contributed by atoms with Gasteiger partial charge in [0.05, 0.1) is 0 Å². The van der Waals surface area contributed by atoms with E-state index >= 15 is 0 Å². The van der Waals surface area contributed by atoms with Crippen molar-refractivity contribution < 1.29 is 0 Å². The van der Waals surface area contributed by atoms with E-state index in [9.17, 15) is 0 Å². The molecular formula is C17H20N2. The van der Waals surface area contributed by atoms with Gasteiger partial charge < -0.3 is 11.5 Å². The second-order valence-corrected chi connectivity index (χ2v) is 5.51. The molecule has 1 atom stereocenters. The maximum Gasteiger partial charge on any atom is 0.0386 e. The molecule has 4 N–H and O–H groups in total. The van der Waals surface area contributed by atoms with Crippen LogP contribution in [0.15, 0.2) is 30.3 Å². The van der Waals surface area contributed by atoms with Crippen LogP contribution >= 0.6 is 0 Å². The molecule has 2 heteroatoms. The van der Waals surface area contributed by atoms with Gasteiger partial charge in [0, 0.05) is 17.3 Å². The van der Waals surface area contributed by atoms with Gasteiger partial charge in [-0.3, -0.25) is 0 Å². The number of benzene rings is 2. The van der Waals surface area contributed by atoms with Gasteiger partial charge in [-0.05, 0) is 60.6 Å². The first-order valence-corrected chi connectivity index (χ1v) is 6.82. The van der Waals surface area contributed by atoms with Crippen LogP contribution in [-0.4, -0.2) is 0 Å². The lowest BCUT2D eigenvalue weighted by molar-refractivity contribution is 0.789. The molecule has 0 fully saturated rings. The van der Waals surface area contributed by atoms with Crippen LogP contribution in [0, 0.1) is 13.8 Å². The smallest absolute Gasteiger partial charge is 0.0386 e. The molecule has 1 unspecified atom stereocenters. The van der Waals surface area contributed by atoms with Crippen molar-refractivity contribution in [1.82, 2.24) is 0 Å². The Hall–Kier alpha value is -1.96. The van der Waals surface area contributed by atoms with Gasteiger partial charge in [-0.25, -0.2) is 0 Å². The quantitative estimate of drug-likeness (QED) is 0.763. The highest BCUT2D eigenvalue weighted by Crippen LogP contribution is 2.42. The van der Waals surface area contributed by atoms with Gasteiger partial charge in [0.25, 0.3) is 0 Å². The highest BCUT2D eigenvalue weighted by molar-refractivity contribution is 5.68. The van der Waals surface area contributed by atoms with Crippen molar-refractivity contribution in [2.24, 2.45) is 0 Å². The van der Waals surface area contributed by atoms with Crippen LogP contribution in [0.5, 0.6) is 0 Å². The molecule has 0 amide bonds. The van der Waals surface area contributed by atoms with Crippen molar-refractivity contribution in [3.63, 3.8) is 0 Å². The Balaban J connectivity index is 2.15. The van der Waals surface area contributed by atoms with Gasteiger partial charge in [0.2, 0.25) is 0 Å². The summed E-state index contributed by atoms with van der Waals surface area (Å²) in [7, 11) is 0. The zero-order valence-corrected chi connectivity index (χ0v) is 11.5. The molecule has 2 aromatic carbocycles. The average Bonchev–Trinajstić information content (AvgIpc) is 2.84. The second kappa shape index (κ2) is 4.30. The fourth-order valence-corrected chi connectivity index (χ4v) is 3.16. The zero-order valence-electron chi connectivity index (χ0n) is 11.5. The summed E-state index contributed by atoms with van der Waals surface area (Å²) in [5, 5.41) is 0. The Morgan fingerprint density at radius 2 is 1.74 bits per heavy atom.